The molecule has 2 N–H and O–H groups in total. The molecule has 2 aromatic carbocycles. The van der Waals surface area contributed by atoms with Crippen molar-refractivity contribution in [2.24, 2.45) is 0 Å². The summed E-state index contributed by atoms with van der Waals surface area (Å²) in [6.07, 6.45) is 4.14. The van der Waals surface area contributed by atoms with Crippen LogP contribution in [0.2, 0.25) is 5.02 Å². The van der Waals surface area contributed by atoms with Gasteiger partial charge >= 0.3 is 0 Å². The van der Waals surface area contributed by atoms with Gasteiger partial charge in [0.25, 0.3) is 0 Å². The summed E-state index contributed by atoms with van der Waals surface area (Å²) in [5.41, 5.74) is 2.97. The second-order valence-electron chi connectivity index (χ2n) is 7.39. The maximum atomic E-state index is 13.2. The van der Waals surface area contributed by atoms with E-state index in [1.54, 1.807) is 0 Å². The molecule has 2 heterocycles. The van der Waals surface area contributed by atoms with Gasteiger partial charge in [-0.1, -0.05) is 29.8 Å². The van der Waals surface area contributed by atoms with Gasteiger partial charge in [0.15, 0.2) is 0 Å². The number of carbonyl (C=O) groups is 1. The summed E-state index contributed by atoms with van der Waals surface area (Å²) in [4.78, 5) is 18.2. The van der Waals surface area contributed by atoms with E-state index in [0.717, 1.165) is 25.9 Å². The Morgan fingerprint density at radius 2 is 2.00 bits per heavy atom. The molecule has 1 saturated heterocycles. The Kier molecular flexibility index (Phi) is 5.38. The Morgan fingerprint density at radius 3 is 2.75 bits per heavy atom. The number of anilines is 1. The summed E-state index contributed by atoms with van der Waals surface area (Å²) in [5.74, 6) is -0.0522. The zero-order valence-corrected chi connectivity index (χ0v) is 16.5. The van der Waals surface area contributed by atoms with Gasteiger partial charge in [-0.25, -0.2) is 4.39 Å². The molecule has 1 aromatic heterocycles. The van der Waals surface area contributed by atoms with Gasteiger partial charge in [0.1, 0.15) is 5.82 Å². The molecule has 28 heavy (non-hydrogen) atoms. The number of fused-ring (bicyclic) bond motifs is 1. The van der Waals surface area contributed by atoms with E-state index < -0.39 is 5.82 Å². The third-order valence-corrected chi connectivity index (χ3v) is 6.02. The van der Waals surface area contributed by atoms with Crippen LogP contribution in [-0.4, -0.2) is 34.9 Å². The number of halogens is 2. The van der Waals surface area contributed by atoms with Crippen LogP contribution in [0.5, 0.6) is 0 Å². The Balaban J connectivity index is 1.38. The number of aromatic amines is 1. The van der Waals surface area contributed by atoms with Crippen LogP contribution in [0.25, 0.3) is 10.9 Å². The number of H-pyrrole nitrogens is 1. The van der Waals surface area contributed by atoms with E-state index in [0.29, 0.717) is 11.6 Å². The lowest BCUT2D eigenvalue weighted by Gasteiger charge is -2.35. The molecule has 1 amide bonds. The van der Waals surface area contributed by atoms with Crippen LogP contribution < -0.4 is 5.32 Å². The van der Waals surface area contributed by atoms with Crippen LogP contribution >= 0.6 is 11.6 Å². The van der Waals surface area contributed by atoms with Crippen LogP contribution in [-0.2, 0) is 4.79 Å². The fraction of sp³-hybridized carbons (Fsp3) is 0.318. The fourth-order valence-electron chi connectivity index (χ4n) is 4.02. The lowest BCUT2D eigenvalue weighted by atomic mass is 9.88. The predicted molar refractivity (Wildman–Crippen MR) is 111 cm³/mol. The Bertz CT molecular complexity index is 994. The lowest BCUT2D eigenvalue weighted by molar-refractivity contribution is -0.121. The van der Waals surface area contributed by atoms with Crippen molar-refractivity contribution in [3.63, 3.8) is 0 Å². The predicted octanol–water partition coefficient (Wildman–Crippen LogP) is 5.17. The largest absolute Gasteiger partial charge is 0.361 e. The van der Waals surface area contributed by atoms with Crippen LogP contribution in [0.3, 0.4) is 0 Å². The van der Waals surface area contributed by atoms with E-state index in [9.17, 15) is 9.18 Å². The second kappa shape index (κ2) is 7.94. The molecule has 0 saturated carbocycles. The number of piperidine rings is 1. The maximum absolute atomic E-state index is 13.2. The molecule has 146 valence electrons. The minimum absolute atomic E-state index is 0.126. The first-order chi connectivity index (χ1) is 13.5. The van der Waals surface area contributed by atoms with Gasteiger partial charge in [0.2, 0.25) is 5.91 Å². The molecule has 0 bridgehead atoms. The smallest absolute Gasteiger partial charge is 0.241 e. The number of rotatable bonds is 4. The third kappa shape index (κ3) is 3.77. The first-order valence-corrected chi connectivity index (χ1v) is 9.96. The molecule has 0 radical (unpaired) electrons. The first-order valence-electron chi connectivity index (χ1n) is 9.59. The molecule has 1 aliphatic rings. The van der Waals surface area contributed by atoms with Crippen molar-refractivity contribution >= 4 is 34.1 Å². The van der Waals surface area contributed by atoms with Gasteiger partial charge in [-0.3, -0.25) is 9.69 Å². The summed E-state index contributed by atoms with van der Waals surface area (Å²) in [6, 6.07) is 12.1. The molecule has 6 heteroatoms. The monoisotopic (exact) mass is 399 g/mol. The lowest BCUT2D eigenvalue weighted by Crippen LogP contribution is -2.45. The van der Waals surface area contributed by atoms with E-state index in [4.69, 9.17) is 11.6 Å². The molecule has 1 unspecified atom stereocenters. The number of nitrogens with one attached hydrogen (secondary N) is 2. The highest BCUT2D eigenvalue weighted by Crippen LogP contribution is 2.33. The number of nitrogens with zero attached hydrogens (tertiary/aromatic N) is 1. The average Bonchev–Trinajstić information content (AvgIpc) is 3.14. The van der Waals surface area contributed by atoms with Crippen LogP contribution in [0.4, 0.5) is 10.1 Å². The molecule has 1 aliphatic heterocycles. The topological polar surface area (TPSA) is 48.1 Å². The van der Waals surface area contributed by atoms with Gasteiger partial charge < -0.3 is 10.3 Å². The normalized spacial score (nSPS) is 17.0. The van der Waals surface area contributed by atoms with Crippen LogP contribution in [0.15, 0.2) is 48.7 Å². The molecule has 0 spiro atoms. The van der Waals surface area contributed by atoms with Gasteiger partial charge in [-0.15, -0.1) is 0 Å². The fourth-order valence-corrected chi connectivity index (χ4v) is 4.24. The molecule has 3 aromatic rings. The van der Waals surface area contributed by atoms with Crippen molar-refractivity contribution in [2.75, 3.05) is 18.4 Å². The molecule has 1 atom stereocenters. The minimum Gasteiger partial charge on any atom is -0.361 e. The van der Waals surface area contributed by atoms with Gasteiger partial charge in [0, 0.05) is 17.1 Å². The van der Waals surface area contributed by atoms with Crippen molar-refractivity contribution in [2.45, 2.75) is 31.7 Å². The second-order valence-corrected chi connectivity index (χ2v) is 7.80. The molecule has 0 aliphatic carbocycles. The van der Waals surface area contributed by atoms with E-state index in [1.807, 2.05) is 13.0 Å². The summed E-state index contributed by atoms with van der Waals surface area (Å²) in [5, 5.41) is 4.31. The van der Waals surface area contributed by atoms with Crippen molar-refractivity contribution < 1.29 is 9.18 Å². The molecule has 1 fully saturated rings. The first kappa shape index (κ1) is 19.0. The van der Waals surface area contributed by atoms with Crippen molar-refractivity contribution in [3.8, 4) is 0 Å². The Hall–Kier alpha value is -2.37. The van der Waals surface area contributed by atoms with Crippen LogP contribution in [0, 0.1) is 5.82 Å². The summed E-state index contributed by atoms with van der Waals surface area (Å²) < 4.78 is 13.2. The van der Waals surface area contributed by atoms with Crippen molar-refractivity contribution in [1.82, 2.24) is 9.88 Å². The summed E-state index contributed by atoms with van der Waals surface area (Å²) in [7, 11) is 0. The number of benzene rings is 2. The van der Waals surface area contributed by atoms with Gasteiger partial charge in [-0.05, 0) is 68.6 Å². The number of hydrogen-bond acceptors (Lipinski definition) is 2. The number of carbonyl (C=O) groups excluding carboxylic acids is 1. The zero-order chi connectivity index (χ0) is 19.7. The summed E-state index contributed by atoms with van der Waals surface area (Å²) >= 11 is 6.02. The maximum Gasteiger partial charge on any atom is 0.241 e. The quantitative estimate of drug-likeness (QED) is 0.636. The standard InChI is InChI=1S/C22H23ClFN3O/c1-14(22(28)26-21-7-6-16(24)12-19(21)23)27-10-8-15(9-11-27)18-13-25-20-5-3-2-4-17(18)20/h2-7,12-15,25H,8-11H2,1H3,(H,26,28). The zero-order valence-electron chi connectivity index (χ0n) is 15.7. The van der Waals surface area contributed by atoms with Gasteiger partial charge in [0.05, 0.1) is 16.8 Å². The number of hydrogen-bond donors (Lipinski definition) is 2. The average molecular weight is 400 g/mol. The molecular weight excluding hydrogens is 377 g/mol. The Morgan fingerprint density at radius 1 is 1.25 bits per heavy atom. The molecule has 4 nitrogen and oxygen atoms in total. The highest BCUT2D eigenvalue weighted by atomic mass is 35.5. The van der Waals surface area contributed by atoms with Crippen molar-refractivity contribution in [3.05, 3.63) is 65.1 Å². The minimum atomic E-state index is -0.421. The van der Waals surface area contributed by atoms with E-state index in [2.05, 4.69) is 39.6 Å². The third-order valence-electron chi connectivity index (χ3n) is 5.71. The number of likely N-dealkylation sites (tertiary alicyclic amines) is 1. The molecular formula is C22H23ClFN3O. The SMILES string of the molecule is CC(C(=O)Nc1ccc(F)cc1Cl)N1CCC(c2c[nH]c3ccccc23)CC1. The summed E-state index contributed by atoms with van der Waals surface area (Å²) in [6.45, 7) is 3.62. The highest BCUT2D eigenvalue weighted by molar-refractivity contribution is 6.33. The Labute approximate surface area is 168 Å². The number of amides is 1. The highest BCUT2D eigenvalue weighted by Gasteiger charge is 2.28. The number of para-hydroxylation sites is 1. The number of aromatic nitrogens is 1. The van der Waals surface area contributed by atoms with Crippen molar-refractivity contribution in [1.29, 1.82) is 0 Å². The van der Waals surface area contributed by atoms with Crippen LogP contribution in [0.1, 0.15) is 31.2 Å². The van der Waals surface area contributed by atoms with E-state index >= 15 is 0 Å². The van der Waals surface area contributed by atoms with E-state index in [-0.39, 0.29) is 17.0 Å². The van der Waals surface area contributed by atoms with Gasteiger partial charge in [-0.2, -0.15) is 0 Å². The molecule has 4 rings (SSSR count). The van der Waals surface area contributed by atoms with E-state index in [1.165, 1.54) is 34.7 Å².